The zero-order chi connectivity index (χ0) is 16.3. The van der Waals surface area contributed by atoms with Crippen LogP contribution < -0.4 is 11.1 Å². The van der Waals surface area contributed by atoms with Gasteiger partial charge in [-0.15, -0.1) is 0 Å². The van der Waals surface area contributed by atoms with E-state index in [9.17, 15) is 18.0 Å². The van der Waals surface area contributed by atoms with Crippen molar-refractivity contribution in [2.45, 2.75) is 45.0 Å². The first kappa shape index (κ1) is 17.4. The Morgan fingerprint density at radius 1 is 1.38 bits per heavy atom. The maximum atomic E-state index is 12.4. The van der Waals surface area contributed by atoms with Gasteiger partial charge in [-0.05, 0) is 32.9 Å². The Kier molecular flexibility index (Phi) is 5.27. The summed E-state index contributed by atoms with van der Waals surface area (Å²) in [6, 6.07) is 1.48. The third kappa shape index (κ3) is 6.07. The van der Waals surface area contributed by atoms with Crippen molar-refractivity contribution in [3.8, 4) is 0 Å². The number of alkyl halides is 3. The van der Waals surface area contributed by atoms with E-state index in [1.54, 1.807) is 20.8 Å². The van der Waals surface area contributed by atoms with Crippen LogP contribution in [0.5, 0.6) is 0 Å². The van der Waals surface area contributed by atoms with Crippen molar-refractivity contribution in [1.29, 1.82) is 0 Å². The number of rotatable bonds is 4. The minimum Gasteiger partial charge on any atom is -0.456 e. The van der Waals surface area contributed by atoms with Crippen LogP contribution in [-0.2, 0) is 17.3 Å². The van der Waals surface area contributed by atoms with E-state index >= 15 is 0 Å². The maximum Gasteiger partial charge on any atom is 0.449 e. The lowest BCUT2D eigenvalue weighted by Gasteiger charge is -2.22. The third-order valence-electron chi connectivity index (χ3n) is 2.39. The number of nitrogens with two attached hydrogens (primary N) is 1. The molecule has 1 amide bonds. The fourth-order valence-corrected chi connectivity index (χ4v) is 1.55. The minimum atomic E-state index is -4.53. The number of hydrogen-bond donors (Lipinski definition) is 2. The highest BCUT2D eigenvalue weighted by Crippen LogP contribution is 2.30. The second-order valence-corrected chi connectivity index (χ2v) is 5.55. The summed E-state index contributed by atoms with van der Waals surface area (Å²) in [7, 11) is 0. The summed E-state index contributed by atoms with van der Waals surface area (Å²) in [5.41, 5.74) is 4.82. The highest BCUT2D eigenvalue weighted by molar-refractivity contribution is 5.68. The molecular weight excluding hydrogens is 289 g/mol. The predicted octanol–water partition coefficient (Wildman–Crippen LogP) is 2.69. The van der Waals surface area contributed by atoms with E-state index in [2.05, 4.69) is 5.32 Å². The van der Waals surface area contributed by atoms with Gasteiger partial charge in [-0.1, -0.05) is 0 Å². The molecule has 1 rings (SSSR count). The van der Waals surface area contributed by atoms with Gasteiger partial charge in [0, 0.05) is 13.0 Å². The first-order valence-corrected chi connectivity index (χ1v) is 6.37. The molecule has 0 bridgehead atoms. The third-order valence-corrected chi connectivity index (χ3v) is 2.39. The number of amides is 1. The highest BCUT2D eigenvalue weighted by Gasteiger charge is 2.35. The summed E-state index contributed by atoms with van der Waals surface area (Å²) in [5, 5.41) is 2.49. The van der Waals surface area contributed by atoms with Crippen molar-refractivity contribution >= 4 is 6.09 Å². The standard InChI is InChI=1S/C13H19F3N2O3/c1-12(2,3)21-11(19)18-8(7-17)6-9-4-5-10(20-9)13(14,15)16/h4-5,8H,6-7,17H2,1-3H3,(H,18,19). The summed E-state index contributed by atoms with van der Waals surface area (Å²) in [4.78, 5) is 11.6. The van der Waals surface area contributed by atoms with Gasteiger partial charge >= 0.3 is 12.3 Å². The minimum absolute atomic E-state index is 0.0430. The number of nitrogens with one attached hydrogen (secondary N) is 1. The molecule has 1 heterocycles. The number of alkyl carbamates (subject to hydrolysis) is 1. The lowest BCUT2D eigenvalue weighted by Crippen LogP contribution is -2.44. The van der Waals surface area contributed by atoms with Crippen molar-refractivity contribution < 1.29 is 27.1 Å². The van der Waals surface area contributed by atoms with Gasteiger partial charge in [0.1, 0.15) is 11.4 Å². The van der Waals surface area contributed by atoms with Crippen LogP contribution in [0, 0.1) is 0 Å². The van der Waals surface area contributed by atoms with E-state index < -0.39 is 29.7 Å². The van der Waals surface area contributed by atoms with Crippen molar-refractivity contribution in [2.24, 2.45) is 5.73 Å². The second-order valence-electron chi connectivity index (χ2n) is 5.55. The maximum absolute atomic E-state index is 12.4. The Morgan fingerprint density at radius 3 is 2.43 bits per heavy atom. The van der Waals surface area contributed by atoms with Gasteiger partial charge < -0.3 is 20.2 Å². The normalized spacial score (nSPS) is 13.9. The van der Waals surface area contributed by atoms with Crippen LogP contribution in [0.25, 0.3) is 0 Å². The fraction of sp³-hybridized carbons (Fsp3) is 0.615. The molecule has 1 aromatic heterocycles. The molecule has 0 aromatic carbocycles. The number of carbonyl (C=O) groups is 1. The second kappa shape index (κ2) is 6.38. The van der Waals surface area contributed by atoms with E-state index in [1.807, 2.05) is 0 Å². The van der Waals surface area contributed by atoms with Crippen LogP contribution >= 0.6 is 0 Å². The Bertz CT molecular complexity index is 478. The summed E-state index contributed by atoms with van der Waals surface area (Å²) < 4.78 is 47.0. The smallest absolute Gasteiger partial charge is 0.449 e. The zero-order valence-electron chi connectivity index (χ0n) is 12.1. The highest BCUT2D eigenvalue weighted by atomic mass is 19.4. The van der Waals surface area contributed by atoms with Crippen LogP contribution in [0.15, 0.2) is 16.5 Å². The van der Waals surface area contributed by atoms with Crippen molar-refractivity contribution in [3.63, 3.8) is 0 Å². The topological polar surface area (TPSA) is 77.5 Å². The van der Waals surface area contributed by atoms with Gasteiger partial charge in [0.15, 0.2) is 0 Å². The molecule has 0 spiro atoms. The number of ether oxygens (including phenoxy) is 1. The number of carbonyl (C=O) groups excluding carboxylic acids is 1. The first-order chi connectivity index (χ1) is 9.51. The molecule has 0 aliphatic carbocycles. The molecule has 0 aliphatic rings. The van der Waals surface area contributed by atoms with Crippen LogP contribution in [-0.4, -0.2) is 24.3 Å². The molecule has 3 N–H and O–H groups in total. The average molecular weight is 308 g/mol. The van der Waals surface area contributed by atoms with Gasteiger partial charge in [0.25, 0.3) is 0 Å². The molecule has 0 fully saturated rings. The van der Waals surface area contributed by atoms with E-state index in [-0.39, 0.29) is 18.7 Å². The average Bonchev–Trinajstić information content (AvgIpc) is 2.73. The molecule has 1 atom stereocenters. The van der Waals surface area contributed by atoms with Crippen molar-refractivity contribution in [3.05, 3.63) is 23.7 Å². The van der Waals surface area contributed by atoms with E-state index in [1.165, 1.54) is 6.07 Å². The lowest BCUT2D eigenvalue weighted by atomic mass is 10.1. The number of halogens is 3. The zero-order valence-corrected chi connectivity index (χ0v) is 12.1. The largest absolute Gasteiger partial charge is 0.456 e. The van der Waals surface area contributed by atoms with Crippen LogP contribution in [0.4, 0.5) is 18.0 Å². The Balaban J connectivity index is 2.62. The molecular formula is C13H19F3N2O3. The monoisotopic (exact) mass is 308 g/mol. The summed E-state index contributed by atoms with van der Waals surface area (Å²) in [5.74, 6) is -0.987. The lowest BCUT2D eigenvalue weighted by molar-refractivity contribution is -0.153. The van der Waals surface area contributed by atoms with Crippen LogP contribution in [0.3, 0.4) is 0 Å². The number of furan rings is 1. The summed E-state index contributed by atoms with van der Waals surface area (Å²) in [6.45, 7) is 5.14. The molecule has 1 unspecified atom stereocenters. The van der Waals surface area contributed by atoms with E-state index in [0.29, 0.717) is 0 Å². The molecule has 0 aliphatic heterocycles. The van der Waals surface area contributed by atoms with Crippen LogP contribution in [0.1, 0.15) is 32.3 Å². The Morgan fingerprint density at radius 2 is 2.00 bits per heavy atom. The molecule has 0 saturated heterocycles. The summed E-state index contributed by atoms with van der Waals surface area (Å²) in [6.07, 6.45) is -5.17. The van der Waals surface area contributed by atoms with Gasteiger partial charge in [-0.3, -0.25) is 0 Å². The molecule has 0 radical (unpaired) electrons. The molecule has 0 saturated carbocycles. The number of hydrogen-bond acceptors (Lipinski definition) is 4. The molecule has 5 nitrogen and oxygen atoms in total. The Hall–Kier alpha value is -1.70. The van der Waals surface area contributed by atoms with Gasteiger partial charge in [0.2, 0.25) is 5.76 Å². The fourth-order valence-electron chi connectivity index (χ4n) is 1.55. The van der Waals surface area contributed by atoms with Crippen molar-refractivity contribution in [1.82, 2.24) is 5.32 Å². The molecule has 21 heavy (non-hydrogen) atoms. The van der Waals surface area contributed by atoms with Gasteiger partial charge in [0.05, 0.1) is 6.04 Å². The Labute approximate surface area is 120 Å². The molecule has 120 valence electrons. The van der Waals surface area contributed by atoms with E-state index in [0.717, 1.165) is 6.07 Å². The van der Waals surface area contributed by atoms with Gasteiger partial charge in [-0.25, -0.2) is 4.79 Å². The SMILES string of the molecule is CC(C)(C)OC(=O)NC(CN)Cc1ccc(C(F)(F)F)o1. The molecule has 8 heteroatoms. The van der Waals surface area contributed by atoms with E-state index in [4.69, 9.17) is 14.9 Å². The molecule has 1 aromatic rings. The van der Waals surface area contributed by atoms with Crippen LogP contribution in [0.2, 0.25) is 0 Å². The van der Waals surface area contributed by atoms with Crippen molar-refractivity contribution in [2.75, 3.05) is 6.54 Å². The van der Waals surface area contributed by atoms with Gasteiger partial charge in [-0.2, -0.15) is 13.2 Å². The summed E-state index contributed by atoms with van der Waals surface area (Å²) >= 11 is 0. The quantitative estimate of drug-likeness (QED) is 0.896. The predicted molar refractivity (Wildman–Crippen MR) is 69.6 cm³/mol. The first-order valence-electron chi connectivity index (χ1n) is 6.37.